The first kappa shape index (κ1) is 25.5. The van der Waals surface area contributed by atoms with Crippen molar-refractivity contribution >= 4 is 5.97 Å². The van der Waals surface area contributed by atoms with Crippen molar-refractivity contribution in [2.24, 2.45) is 0 Å². The van der Waals surface area contributed by atoms with Crippen LogP contribution in [0.25, 0.3) is 11.3 Å². The van der Waals surface area contributed by atoms with Crippen LogP contribution in [0.2, 0.25) is 0 Å². The molecule has 1 aromatic heterocycles. The van der Waals surface area contributed by atoms with Crippen LogP contribution in [0.1, 0.15) is 29.3 Å². The number of rotatable bonds is 9. The Labute approximate surface area is 179 Å². The first-order valence-electron chi connectivity index (χ1n) is 9.88. The van der Waals surface area contributed by atoms with Gasteiger partial charge in [-0.3, -0.25) is 0 Å². The molecule has 0 fully saturated rings. The van der Waals surface area contributed by atoms with Crippen molar-refractivity contribution in [2.75, 3.05) is 47.9 Å². The van der Waals surface area contributed by atoms with E-state index in [4.69, 9.17) is 9.84 Å². The van der Waals surface area contributed by atoms with Crippen LogP contribution < -0.4 is 4.74 Å². The number of carboxylic acid groups (broad SMARTS) is 1. The Balaban J connectivity index is 0.000000553. The lowest BCUT2D eigenvalue weighted by Crippen LogP contribution is -2.27. The van der Waals surface area contributed by atoms with E-state index in [-0.39, 0.29) is 18.2 Å². The Morgan fingerprint density at radius 3 is 2.37 bits per heavy atom. The van der Waals surface area contributed by atoms with Crippen LogP contribution in [0.5, 0.6) is 6.01 Å². The Hall–Kier alpha value is -2.55. The number of hydrogen-bond acceptors (Lipinski definition) is 7. The van der Waals surface area contributed by atoms with Gasteiger partial charge < -0.3 is 24.7 Å². The Morgan fingerprint density at radius 1 is 1.20 bits per heavy atom. The number of aromatic carboxylic acids is 1. The smallest absolute Gasteiger partial charge is 0.339 e. The summed E-state index contributed by atoms with van der Waals surface area (Å²) < 4.78 is 5.55. The minimum atomic E-state index is -1.05. The molecule has 0 amide bonds. The molecule has 0 aliphatic carbocycles. The average Bonchev–Trinajstić information content (AvgIpc) is 2.71. The van der Waals surface area contributed by atoms with Gasteiger partial charge in [-0.15, -0.1) is 0 Å². The van der Waals surface area contributed by atoms with Crippen LogP contribution in [-0.4, -0.2) is 89.9 Å². The van der Waals surface area contributed by atoms with Crippen LogP contribution in [0.15, 0.2) is 30.5 Å². The van der Waals surface area contributed by atoms with Crippen molar-refractivity contribution in [1.82, 2.24) is 19.8 Å². The molecule has 0 radical (unpaired) electrons. The van der Waals surface area contributed by atoms with E-state index in [9.17, 15) is 9.90 Å². The number of hydrogen-bond donors (Lipinski definition) is 2. The quantitative estimate of drug-likeness (QED) is 0.599. The van der Waals surface area contributed by atoms with E-state index in [1.54, 1.807) is 0 Å². The van der Waals surface area contributed by atoms with Gasteiger partial charge in [0.25, 0.3) is 0 Å². The lowest BCUT2D eigenvalue weighted by Gasteiger charge is -2.15. The third-order valence-electron chi connectivity index (χ3n) is 4.52. The molecule has 2 N–H and O–H groups in total. The molecule has 166 valence electrons. The summed E-state index contributed by atoms with van der Waals surface area (Å²) in [6.45, 7) is 5.52. The summed E-state index contributed by atoms with van der Waals surface area (Å²) in [6.07, 6.45) is 2.15. The first-order valence-corrected chi connectivity index (χ1v) is 9.88. The summed E-state index contributed by atoms with van der Waals surface area (Å²) in [5.41, 5.74) is 2.17. The maximum Gasteiger partial charge on any atom is 0.339 e. The van der Waals surface area contributed by atoms with Crippen molar-refractivity contribution < 1.29 is 19.7 Å². The molecule has 8 heteroatoms. The van der Waals surface area contributed by atoms with E-state index in [2.05, 4.69) is 14.9 Å². The van der Waals surface area contributed by atoms with Gasteiger partial charge in [0.05, 0.1) is 18.9 Å². The average molecular weight is 419 g/mol. The van der Waals surface area contributed by atoms with Gasteiger partial charge in [0, 0.05) is 24.3 Å². The maximum absolute atomic E-state index is 11.4. The van der Waals surface area contributed by atoms with Crippen LogP contribution >= 0.6 is 0 Å². The van der Waals surface area contributed by atoms with E-state index in [1.807, 2.05) is 71.2 Å². The number of aromatic nitrogens is 2. The van der Waals surface area contributed by atoms with Gasteiger partial charge in [-0.1, -0.05) is 24.3 Å². The largest absolute Gasteiger partial charge is 0.478 e. The van der Waals surface area contributed by atoms with Crippen molar-refractivity contribution in [3.8, 4) is 17.3 Å². The number of carboxylic acids is 1. The number of aryl methyl sites for hydroxylation is 1. The highest BCUT2D eigenvalue weighted by atomic mass is 16.5. The number of carbonyl (C=O) groups is 1. The number of benzene rings is 1. The molecular formula is C22H34N4O4. The summed E-state index contributed by atoms with van der Waals surface area (Å²) in [4.78, 5) is 23.8. The number of ether oxygens (including phenoxy) is 1. The Kier molecular flexibility index (Phi) is 11.0. The molecule has 0 aliphatic heterocycles. The minimum absolute atomic E-state index is 0.0694. The molecule has 0 saturated heterocycles. The Bertz CT molecular complexity index is 796. The highest BCUT2D eigenvalue weighted by molar-refractivity contribution is 5.94. The van der Waals surface area contributed by atoms with E-state index >= 15 is 0 Å². The third kappa shape index (κ3) is 8.44. The molecule has 1 unspecified atom stereocenters. The third-order valence-corrected chi connectivity index (χ3v) is 4.52. The van der Waals surface area contributed by atoms with Gasteiger partial charge in [-0.2, -0.15) is 4.98 Å². The number of aliphatic hydroxyl groups excluding tert-OH is 1. The second-order valence-electron chi connectivity index (χ2n) is 7.54. The molecule has 0 spiro atoms. The zero-order valence-electron chi connectivity index (χ0n) is 18.8. The van der Waals surface area contributed by atoms with Gasteiger partial charge in [0.2, 0.25) is 0 Å². The zero-order chi connectivity index (χ0) is 22.7. The summed E-state index contributed by atoms with van der Waals surface area (Å²) in [5.74, 6) is -1.05. The van der Waals surface area contributed by atoms with Crippen molar-refractivity contribution in [3.05, 3.63) is 41.6 Å². The van der Waals surface area contributed by atoms with Gasteiger partial charge in [0.15, 0.2) is 0 Å². The molecule has 2 rings (SSSR count). The van der Waals surface area contributed by atoms with Crippen LogP contribution in [0.3, 0.4) is 0 Å². The fourth-order valence-electron chi connectivity index (χ4n) is 2.34. The van der Waals surface area contributed by atoms with Crippen molar-refractivity contribution in [2.45, 2.75) is 26.3 Å². The van der Waals surface area contributed by atoms with Crippen LogP contribution in [0.4, 0.5) is 0 Å². The highest BCUT2D eigenvalue weighted by Gasteiger charge is 2.17. The number of nitrogens with zero attached hydrogens (tertiary/aromatic N) is 4. The summed E-state index contributed by atoms with van der Waals surface area (Å²) >= 11 is 0. The monoisotopic (exact) mass is 418 g/mol. The second kappa shape index (κ2) is 12.9. The summed E-state index contributed by atoms with van der Waals surface area (Å²) in [6, 6.07) is 8.01. The van der Waals surface area contributed by atoms with Crippen LogP contribution in [0, 0.1) is 6.92 Å². The lowest BCUT2D eigenvalue weighted by atomic mass is 10.0. The topological polar surface area (TPSA) is 99.0 Å². The van der Waals surface area contributed by atoms with Gasteiger partial charge in [-0.25, -0.2) is 9.78 Å². The molecule has 0 bridgehead atoms. The van der Waals surface area contributed by atoms with Crippen molar-refractivity contribution in [3.63, 3.8) is 0 Å². The van der Waals surface area contributed by atoms with E-state index in [0.29, 0.717) is 18.3 Å². The van der Waals surface area contributed by atoms with E-state index in [1.165, 1.54) is 6.20 Å². The van der Waals surface area contributed by atoms with Gasteiger partial charge in [-0.05, 0) is 54.0 Å². The standard InChI is InChI=1S/C17H21N3O3.C5H13NO/c1-12-7-4-5-8-13(12)15-14(16(21)22)11-18-17(19-15)23-10-6-9-20(2)3;1-5(4-7)6(2)3/h4-5,7-8,11H,6,9-10H2,1-3H3,(H,21,22);5,7H,4H2,1-3H3. The van der Waals surface area contributed by atoms with Gasteiger partial charge in [0.1, 0.15) is 5.56 Å². The predicted molar refractivity (Wildman–Crippen MR) is 118 cm³/mol. The van der Waals surface area contributed by atoms with Crippen LogP contribution in [-0.2, 0) is 0 Å². The first-order chi connectivity index (χ1) is 14.2. The molecular weight excluding hydrogens is 384 g/mol. The summed E-state index contributed by atoms with van der Waals surface area (Å²) in [7, 11) is 7.88. The zero-order valence-corrected chi connectivity index (χ0v) is 18.8. The SMILES string of the molecule is CC(CO)N(C)C.Cc1ccccc1-c1nc(OCCCN(C)C)ncc1C(=O)O. The predicted octanol–water partition coefficient (Wildman–Crippen LogP) is 2.41. The molecule has 0 saturated carbocycles. The van der Waals surface area contributed by atoms with Gasteiger partial charge >= 0.3 is 12.0 Å². The molecule has 1 heterocycles. The van der Waals surface area contributed by atoms with E-state index in [0.717, 1.165) is 24.1 Å². The molecule has 8 nitrogen and oxygen atoms in total. The molecule has 2 aromatic rings. The molecule has 1 aromatic carbocycles. The number of aliphatic hydroxyl groups is 1. The van der Waals surface area contributed by atoms with Crippen molar-refractivity contribution in [1.29, 1.82) is 0 Å². The fourth-order valence-corrected chi connectivity index (χ4v) is 2.34. The Morgan fingerprint density at radius 2 is 1.87 bits per heavy atom. The molecule has 0 aliphatic rings. The highest BCUT2D eigenvalue weighted by Crippen LogP contribution is 2.26. The minimum Gasteiger partial charge on any atom is -0.478 e. The second-order valence-corrected chi connectivity index (χ2v) is 7.54. The molecule has 30 heavy (non-hydrogen) atoms. The maximum atomic E-state index is 11.4. The summed E-state index contributed by atoms with van der Waals surface area (Å²) in [5, 5.41) is 17.8. The lowest BCUT2D eigenvalue weighted by molar-refractivity contribution is 0.0696. The fraction of sp³-hybridized carbons (Fsp3) is 0.500. The van der Waals surface area contributed by atoms with E-state index < -0.39 is 5.97 Å². The number of likely N-dealkylation sites (N-methyl/N-ethyl adjacent to an activating group) is 1. The molecule has 1 atom stereocenters. The normalized spacial score (nSPS) is 11.8.